The minimum absolute atomic E-state index is 0.0170. The molecule has 31 heavy (non-hydrogen) atoms. The van der Waals surface area contributed by atoms with Gasteiger partial charge in [0.1, 0.15) is 11.6 Å². The molecule has 1 aliphatic carbocycles. The van der Waals surface area contributed by atoms with Crippen molar-refractivity contribution in [3.8, 4) is 17.6 Å². The van der Waals surface area contributed by atoms with E-state index in [0.717, 1.165) is 22.2 Å². The maximum absolute atomic E-state index is 13.1. The highest BCUT2D eigenvalue weighted by molar-refractivity contribution is 9.10. The number of hydrogen-bond acceptors (Lipinski definition) is 7. The van der Waals surface area contributed by atoms with Gasteiger partial charge in [0.15, 0.2) is 17.3 Å². The number of aromatic nitrogens is 1. The number of allylic oxidation sites excluding steroid dienone is 3. The Balaban J connectivity index is 1.94. The number of carbonyl (C=O) groups is 1. The molecule has 4 rings (SSSR count). The van der Waals surface area contributed by atoms with E-state index in [4.69, 9.17) is 15.2 Å². The van der Waals surface area contributed by atoms with Crippen molar-refractivity contribution in [3.63, 3.8) is 0 Å². The van der Waals surface area contributed by atoms with Crippen LogP contribution in [0.1, 0.15) is 30.7 Å². The molecule has 0 saturated carbocycles. The summed E-state index contributed by atoms with van der Waals surface area (Å²) in [5.41, 5.74) is 8.99. The number of pyridine rings is 1. The van der Waals surface area contributed by atoms with Crippen molar-refractivity contribution in [1.29, 1.82) is 5.26 Å². The molecule has 8 heteroatoms. The van der Waals surface area contributed by atoms with Crippen LogP contribution in [-0.4, -0.2) is 25.0 Å². The Morgan fingerprint density at radius 1 is 1.19 bits per heavy atom. The first kappa shape index (κ1) is 20.9. The van der Waals surface area contributed by atoms with Crippen LogP contribution in [0.4, 0.5) is 5.82 Å². The summed E-state index contributed by atoms with van der Waals surface area (Å²) >= 11 is 3.39. The lowest BCUT2D eigenvalue weighted by Crippen LogP contribution is -2.39. The number of nitrogens with zero attached hydrogens (tertiary/aromatic N) is 3. The van der Waals surface area contributed by atoms with Gasteiger partial charge in [-0.1, -0.05) is 6.07 Å². The van der Waals surface area contributed by atoms with Crippen molar-refractivity contribution in [2.45, 2.75) is 25.2 Å². The summed E-state index contributed by atoms with van der Waals surface area (Å²) in [4.78, 5) is 19.4. The first-order chi connectivity index (χ1) is 15.0. The zero-order valence-electron chi connectivity index (χ0n) is 17.2. The average Bonchev–Trinajstić information content (AvgIpc) is 2.79. The number of Topliss-reactive ketones (excluding diaryl/α,β-unsaturated/α-hetero) is 1. The molecule has 2 N–H and O–H groups in total. The summed E-state index contributed by atoms with van der Waals surface area (Å²) in [5, 5.41) is 10.1. The number of methoxy groups -OCH3 is 2. The lowest BCUT2D eigenvalue weighted by molar-refractivity contribution is -0.116. The largest absolute Gasteiger partial charge is 0.493 e. The predicted octanol–water partition coefficient (Wildman–Crippen LogP) is 4.17. The van der Waals surface area contributed by atoms with Gasteiger partial charge in [-0.05, 0) is 58.6 Å². The molecule has 7 nitrogen and oxygen atoms in total. The average molecular weight is 481 g/mol. The Bertz CT molecular complexity index is 1150. The highest BCUT2D eigenvalue weighted by Gasteiger charge is 2.40. The third-order valence-corrected chi connectivity index (χ3v) is 6.06. The third kappa shape index (κ3) is 3.55. The Hall–Kier alpha value is -3.31. The van der Waals surface area contributed by atoms with E-state index in [0.29, 0.717) is 41.3 Å². The highest BCUT2D eigenvalue weighted by Crippen LogP contribution is 2.47. The van der Waals surface area contributed by atoms with E-state index in [1.54, 1.807) is 37.4 Å². The van der Waals surface area contributed by atoms with Crippen molar-refractivity contribution in [3.05, 3.63) is 69.2 Å². The quantitative estimate of drug-likeness (QED) is 0.700. The van der Waals surface area contributed by atoms with Crippen LogP contribution >= 0.6 is 15.9 Å². The summed E-state index contributed by atoms with van der Waals surface area (Å²) in [6, 6.07) is 11.3. The van der Waals surface area contributed by atoms with Crippen molar-refractivity contribution in [2.75, 3.05) is 19.1 Å². The maximum atomic E-state index is 13.1. The monoisotopic (exact) mass is 480 g/mol. The second-order valence-corrected chi connectivity index (χ2v) is 8.18. The molecule has 1 unspecified atom stereocenters. The molecular formula is C23H21BrN4O3. The van der Waals surface area contributed by atoms with Gasteiger partial charge < -0.3 is 15.2 Å². The fourth-order valence-electron chi connectivity index (χ4n) is 4.21. The van der Waals surface area contributed by atoms with Crippen LogP contribution in [0.5, 0.6) is 11.5 Å². The number of anilines is 1. The molecule has 2 aromatic rings. The van der Waals surface area contributed by atoms with E-state index >= 15 is 0 Å². The van der Waals surface area contributed by atoms with Gasteiger partial charge in [0.05, 0.1) is 31.8 Å². The summed E-state index contributed by atoms with van der Waals surface area (Å²) < 4.78 is 11.6. The highest BCUT2D eigenvalue weighted by atomic mass is 79.9. The van der Waals surface area contributed by atoms with Crippen molar-refractivity contribution < 1.29 is 14.3 Å². The molecule has 0 spiro atoms. The number of hydrogen-bond donors (Lipinski definition) is 1. The fraction of sp³-hybridized carbons (Fsp3) is 0.261. The second-order valence-electron chi connectivity index (χ2n) is 7.27. The standard InChI is InChI=1S/C23H21BrN4O3/c1-30-18-8-6-13(10-19(18)31-2)21-15(11-25)23(26)28(20-9-7-14(24)12-27-20)16-4-3-5-17(29)22(16)21/h6-10,12,21H,3-5,26H2,1-2H3. The number of benzene rings is 1. The van der Waals surface area contributed by atoms with Crippen LogP contribution in [0.2, 0.25) is 0 Å². The second kappa shape index (κ2) is 8.44. The number of carbonyl (C=O) groups excluding carboxylic acids is 1. The van der Waals surface area contributed by atoms with E-state index in [1.165, 1.54) is 0 Å². The molecule has 1 aromatic carbocycles. The normalized spacial score (nSPS) is 18.6. The Labute approximate surface area is 188 Å². The smallest absolute Gasteiger partial charge is 0.161 e. The third-order valence-electron chi connectivity index (χ3n) is 5.60. The minimum atomic E-state index is -0.570. The van der Waals surface area contributed by atoms with Crippen molar-refractivity contribution in [2.24, 2.45) is 5.73 Å². The van der Waals surface area contributed by atoms with E-state index in [2.05, 4.69) is 27.0 Å². The van der Waals surface area contributed by atoms with Gasteiger partial charge >= 0.3 is 0 Å². The summed E-state index contributed by atoms with van der Waals surface area (Å²) in [5.74, 6) is 1.40. The van der Waals surface area contributed by atoms with E-state index in [-0.39, 0.29) is 11.6 Å². The molecule has 0 radical (unpaired) electrons. The number of ketones is 1. The van der Waals surface area contributed by atoms with Gasteiger partial charge in [0.25, 0.3) is 0 Å². The maximum Gasteiger partial charge on any atom is 0.161 e. The number of ether oxygens (including phenoxy) is 2. The molecular weight excluding hydrogens is 460 g/mol. The summed E-state index contributed by atoms with van der Waals surface area (Å²) in [6.45, 7) is 0. The number of rotatable bonds is 4. The van der Waals surface area contributed by atoms with Gasteiger partial charge in [-0.15, -0.1) is 0 Å². The fourth-order valence-corrected chi connectivity index (χ4v) is 4.45. The predicted molar refractivity (Wildman–Crippen MR) is 119 cm³/mol. The lowest BCUT2D eigenvalue weighted by atomic mass is 9.75. The van der Waals surface area contributed by atoms with Crippen LogP contribution in [-0.2, 0) is 4.79 Å². The number of halogens is 1. The van der Waals surface area contributed by atoms with Crippen LogP contribution in [0.15, 0.2) is 63.7 Å². The first-order valence-electron chi connectivity index (χ1n) is 9.79. The topological polar surface area (TPSA) is 101 Å². The molecule has 0 fully saturated rings. The van der Waals surface area contributed by atoms with Gasteiger partial charge in [-0.3, -0.25) is 9.69 Å². The number of nitrogens with two attached hydrogens (primary N) is 1. The van der Waals surface area contributed by atoms with E-state index < -0.39 is 5.92 Å². The van der Waals surface area contributed by atoms with Crippen LogP contribution in [0, 0.1) is 11.3 Å². The lowest BCUT2D eigenvalue weighted by Gasteiger charge is -2.39. The van der Waals surface area contributed by atoms with E-state index in [1.807, 2.05) is 18.2 Å². The molecule has 0 amide bonds. The molecule has 0 bridgehead atoms. The Kier molecular flexibility index (Phi) is 5.70. The molecule has 1 aliphatic heterocycles. The van der Waals surface area contributed by atoms with Gasteiger partial charge in [-0.2, -0.15) is 5.26 Å². The van der Waals surface area contributed by atoms with Crippen molar-refractivity contribution in [1.82, 2.24) is 4.98 Å². The number of nitriles is 1. The minimum Gasteiger partial charge on any atom is -0.493 e. The van der Waals surface area contributed by atoms with Crippen molar-refractivity contribution >= 4 is 27.5 Å². The van der Waals surface area contributed by atoms with Gasteiger partial charge in [0, 0.05) is 28.4 Å². The van der Waals surface area contributed by atoms with Crippen LogP contribution in [0.25, 0.3) is 0 Å². The molecule has 158 valence electrons. The summed E-state index contributed by atoms with van der Waals surface area (Å²) in [7, 11) is 3.11. The zero-order chi connectivity index (χ0) is 22.1. The molecule has 1 atom stereocenters. The molecule has 0 saturated heterocycles. The summed E-state index contributed by atoms with van der Waals surface area (Å²) in [6.07, 6.45) is 3.49. The van der Waals surface area contributed by atoms with Crippen LogP contribution < -0.4 is 20.1 Å². The SMILES string of the molecule is COc1ccc(C2C(C#N)=C(N)N(c3ccc(Br)cn3)C3=C2C(=O)CCC3)cc1OC. The molecule has 1 aromatic heterocycles. The van der Waals surface area contributed by atoms with Gasteiger partial charge in [-0.25, -0.2) is 4.98 Å². The van der Waals surface area contributed by atoms with E-state index in [9.17, 15) is 10.1 Å². The zero-order valence-corrected chi connectivity index (χ0v) is 18.8. The first-order valence-corrected chi connectivity index (χ1v) is 10.6. The Morgan fingerprint density at radius 3 is 2.61 bits per heavy atom. The van der Waals surface area contributed by atoms with Crippen LogP contribution in [0.3, 0.4) is 0 Å². The molecule has 2 heterocycles. The van der Waals surface area contributed by atoms with Gasteiger partial charge in [0.2, 0.25) is 0 Å². The Morgan fingerprint density at radius 2 is 1.97 bits per heavy atom. The molecule has 2 aliphatic rings.